The van der Waals surface area contributed by atoms with Crippen molar-refractivity contribution in [2.75, 3.05) is 0 Å². The van der Waals surface area contributed by atoms with Gasteiger partial charge in [0.1, 0.15) is 5.78 Å². The van der Waals surface area contributed by atoms with Gasteiger partial charge in [0.25, 0.3) is 0 Å². The number of ketones is 1. The predicted molar refractivity (Wildman–Crippen MR) is 48.5 cm³/mol. The molecule has 0 aliphatic rings. The van der Waals surface area contributed by atoms with E-state index in [4.69, 9.17) is 0 Å². The van der Waals surface area contributed by atoms with Crippen molar-refractivity contribution in [3.63, 3.8) is 0 Å². The lowest BCUT2D eigenvalue weighted by Gasteiger charge is -2.24. The molecule has 0 aromatic carbocycles. The van der Waals surface area contributed by atoms with Gasteiger partial charge in [-0.25, -0.2) is 0 Å². The van der Waals surface area contributed by atoms with Crippen LogP contribution >= 0.6 is 0 Å². The van der Waals surface area contributed by atoms with Gasteiger partial charge in [0.05, 0.1) is 0 Å². The van der Waals surface area contributed by atoms with E-state index in [1.165, 1.54) is 0 Å². The summed E-state index contributed by atoms with van der Waals surface area (Å²) in [5.74, 6) is 0.566. The van der Waals surface area contributed by atoms with Crippen LogP contribution in [0.4, 0.5) is 0 Å². The number of hydrogen-bond donors (Lipinski definition) is 0. The fourth-order valence-corrected chi connectivity index (χ4v) is 1.53. The lowest BCUT2D eigenvalue weighted by Crippen LogP contribution is -2.28. The summed E-state index contributed by atoms with van der Waals surface area (Å²) in [4.78, 5) is 11.6. The second-order valence-corrected chi connectivity index (χ2v) is 4.15. The SMILES string of the molecule is CCCC(C)(C)C(=O)C(C)C. The van der Waals surface area contributed by atoms with Crippen LogP contribution in [-0.4, -0.2) is 5.78 Å². The largest absolute Gasteiger partial charge is 0.299 e. The van der Waals surface area contributed by atoms with Crippen LogP contribution in [0, 0.1) is 11.3 Å². The molecule has 0 unspecified atom stereocenters. The van der Waals surface area contributed by atoms with Crippen LogP contribution in [0.3, 0.4) is 0 Å². The molecule has 0 saturated carbocycles. The first-order valence-electron chi connectivity index (χ1n) is 4.46. The Kier molecular flexibility index (Phi) is 3.77. The molecule has 0 aromatic rings. The van der Waals surface area contributed by atoms with Gasteiger partial charge in [0, 0.05) is 11.3 Å². The quantitative estimate of drug-likeness (QED) is 0.611. The fraction of sp³-hybridized carbons (Fsp3) is 0.900. The third kappa shape index (κ3) is 3.04. The molecule has 0 heterocycles. The molecule has 0 atom stereocenters. The second kappa shape index (κ2) is 3.89. The molecule has 1 nitrogen and oxygen atoms in total. The minimum atomic E-state index is -0.108. The van der Waals surface area contributed by atoms with Crippen molar-refractivity contribution in [2.45, 2.75) is 47.5 Å². The van der Waals surface area contributed by atoms with E-state index in [2.05, 4.69) is 6.92 Å². The third-order valence-electron chi connectivity index (χ3n) is 2.07. The highest BCUT2D eigenvalue weighted by Gasteiger charge is 2.27. The van der Waals surface area contributed by atoms with Crippen molar-refractivity contribution in [1.29, 1.82) is 0 Å². The molecule has 0 amide bonds. The van der Waals surface area contributed by atoms with Gasteiger partial charge < -0.3 is 0 Å². The molecule has 0 radical (unpaired) electrons. The predicted octanol–water partition coefficient (Wildman–Crippen LogP) is 3.04. The van der Waals surface area contributed by atoms with Crippen LogP contribution in [0.2, 0.25) is 0 Å². The van der Waals surface area contributed by atoms with Crippen molar-refractivity contribution < 1.29 is 4.79 Å². The molecule has 0 N–H and O–H groups in total. The van der Waals surface area contributed by atoms with Gasteiger partial charge in [0.15, 0.2) is 0 Å². The highest BCUT2D eigenvalue weighted by molar-refractivity contribution is 5.85. The Labute approximate surface area is 70.2 Å². The van der Waals surface area contributed by atoms with E-state index in [-0.39, 0.29) is 11.3 Å². The summed E-state index contributed by atoms with van der Waals surface area (Å²) in [6, 6.07) is 0. The lowest BCUT2D eigenvalue weighted by molar-refractivity contribution is -0.130. The van der Waals surface area contributed by atoms with E-state index in [9.17, 15) is 4.79 Å². The third-order valence-corrected chi connectivity index (χ3v) is 2.07. The van der Waals surface area contributed by atoms with Gasteiger partial charge in [-0.3, -0.25) is 4.79 Å². The molecule has 66 valence electrons. The average Bonchev–Trinajstić information content (AvgIpc) is 1.86. The maximum Gasteiger partial charge on any atom is 0.140 e. The molecule has 0 spiro atoms. The van der Waals surface area contributed by atoms with E-state index >= 15 is 0 Å². The average molecular weight is 156 g/mol. The Morgan fingerprint density at radius 3 is 2.09 bits per heavy atom. The summed E-state index contributed by atoms with van der Waals surface area (Å²) in [6.45, 7) is 10.1. The first kappa shape index (κ1) is 10.7. The second-order valence-electron chi connectivity index (χ2n) is 4.15. The Hall–Kier alpha value is -0.330. The van der Waals surface area contributed by atoms with Crippen molar-refractivity contribution in [1.82, 2.24) is 0 Å². The van der Waals surface area contributed by atoms with Gasteiger partial charge in [-0.1, -0.05) is 41.0 Å². The zero-order chi connectivity index (χ0) is 9.07. The maximum absolute atomic E-state index is 11.6. The summed E-state index contributed by atoms with van der Waals surface area (Å²) in [5, 5.41) is 0. The number of carbonyl (C=O) groups is 1. The summed E-state index contributed by atoms with van der Waals surface area (Å²) in [5.41, 5.74) is -0.108. The van der Waals surface area contributed by atoms with Gasteiger partial charge in [-0.15, -0.1) is 0 Å². The van der Waals surface area contributed by atoms with Crippen LogP contribution in [0.25, 0.3) is 0 Å². The molecule has 0 aliphatic carbocycles. The van der Waals surface area contributed by atoms with Gasteiger partial charge >= 0.3 is 0 Å². The molecule has 0 aliphatic heterocycles. The van der Waals surface area contributed by atoms with Crippen molar-refractivity contribution in [2.24, 2.45) is 11.3 Å². The highest BCUT2D eigenvalue weighted by Crippen LogP contribution is 2.26. The van der Waals surface area contributed by atoms with Gasteiger partial charge in [-0.2, -0.15) is 0 Å². The van der Waals surface area contributed by atoms with E-state index < -0.39 is 0 Å². The summed E-state index contributed by atoms with van der Waals surface area (Å²) >= 11 is 0. The summed E-state index contributed by atoms with van der Waals surface area (Å²) in [7, 11) is 0. The first-order chi connectivity index (χ1) is 4.91. The Morgan fingerprint density at radius 2 is 1.82 bits per heavy atom. The Morgan fingerprint density at radius 1 is 1.36 bits per heavy atom. The Bertz CT molecular complexity index is 134. The van der Waals surface area contributed by atoms with Crippen LogP contribution in [0.1, 0.15) is 47.5 Å². The van der Waals surface area contributed by atoms with Gasteiger partial charge in [0.2, 0.25) is 0 Å². The normalized spacial score (nSPS) is 12.2. The van der Waals surface area contributed by atoms with E-state index in [1.807, 2.05) is 27.7 Å². The fourth-order valence-electron chi connectivity index (χ4n) is 1.53. The molecular formula is C10H20O. The highest BCUT2D eigenvalue weighted by atomic mass is 16.1. The van der Waals surface area contributed by atoms with Crippen LogP contribution in [-0.2, 0) is 4.79 Å². The standard InChI is InChI=1S/C10H20O/c1-6-7-10(4,5)9(11)8(2)3/h8H,6-7H2,1-5H3. The van der Waals surface area contributed by atoms with E-state index in [0.29, 0.717) is 5.78 Å². The van der Waals surface area contributed by atoms with Gasteiger partial charge in [-0.05, 0) is 6.42 Å². The topological polar surface area (TPSA) is 17.1 Å². The van der Waals surface area contributed by atoms with Crippen LogP contribution in [0.5, 0.6) is 0 Å². The van der Waals surface area contributed by atoms with E-state index in [1.54, 1.807) is 0 Å². The van der Waals surface area contributed by atoms with E-state index in [0.717, 1.165) is 12.8 Å². The van der Waals surface area contributed by atoms with Crippen molar-refractivity contribution in [3.05, 3.63) is 0 Å². The summed E-state index contributed by atoms with van der Waals surface area (Å²) in [6.07, 6.45) is 2.09. The molecule has 0 bridgehead atoms. The van der Waals surface area contributed by atoms with Crippen molar-refractivity contribution >= 4 is 5.78 Å². The maximum atomic E-state index is 11.6. The Balaban J connectivity index is 4.17. The van der Waals surface area contributed by atoms with Crippen LogP contribution in [0.15, 0.2) is 0 Å². The zero-order valence-corrected chi connectivity index (χ0v) is 8.40. The first-order valence-corrected chi connectivity index (χ1v) is 4.46. The molecular weight excluding hydrogens is 136 g/mol. The lowest BCUT2D eigenvalue weighted by atomic mass is 9.79. The molecule has 0 aromatic heterocycles. The van der Waals surface area contributed by atoms with Crippen LogP contribution < -0.4 is 0 Å². The minimum absolute atomic E-state index is 0.108. The molecule has 0 saturated heterocycles. The van der Waals surface area contributed by atoms with Crippen molar-refractivity contribution in [3.8, 4) is 0 Å². The monoisotopic (exact) mass is 156 g/mol. The molecule has 0 rings (SSSR count). The smallest absolute Gasteiger partial charge is 0.140 e. The number of hydrogen-bond acceptors (Lipinski definition) is 1. The number of Topliss-reactive ketones (excluding diaryl/α,β-unsaturated/α-hetero) is 1. The number of rotatable bonds is 4. The minimum Gasteiger partial charge on any atom is -0.299 e. The molecule has 11 heavy (non-hydrogen) atoms. The molecule has 0 fully saturated rings. The molecule has 1 heteroatoms. The number of carbonyl (C=O) groups excluding carboxylic acids is 1. The zero-order valence-electron chi connectivity index (χ0n) is 8.40. The summed E-state index contributed by atoms with van der Waals surface area (Å²) < 4.78 is 0.